The van der Waals surface area contributed by atoms with Crippen molar-refractivity contribution in [2.75, 3.05) is 32.8 Å². The molecule has 0 saturated carbocycles. The quantitative estimate of drug-likeness (QED) is 0.498. The minimum atomic E-state index is 0.403. The van der Waals surface area contributed by atoms with Crippen molar-refractivity contribution in [2.24, 2.45) is 5.92 Å². The molecule has 5 rings (SSSR count). The van der Waals surface area contributed by atoms with E-state index in [4.69, 9.17) is 4.74 Å². The Morgan fingerprint density at radius 3 is 2.67 bits per heavy atom. The summed E-state index contributed by atoms with van der Waals surface area (Å²) in [6.07, 6.45) is 8.40. The van der Waals surface area contributed by atoms with E-state index < -0.39 is 0 Å². The van der Waals surface area contributed by atoms with Crippen molar-refractivity contribution in [3.8, 4) is 0 Å². The molecule has 2 aromatic carbocycles. The van der Waals surface area contributed by atoms with Gasteiger partial charge in [0.1, 0.15) is 0 Å². The highest BCUT2D eigenvalue weighted by atomic mass is 16.5. The maximum absolute atomic E-state index is 5.61. The number of benzene rings is 2. The van der Waals surface area contributed by atoms with Crippen LogP contribution >= 0.6 is 0 Å². The van der Waals surface area contributed by atoms with Gasteiger partial charge < -0.3 is 19.9 Å². The number of nitrogens with one attached hydrogen (secondary N) is 2. The zero-order valence-electron chi connectivity index (χ0n) is 20.1. The fraction of sp³-hybridized carbons (Fsp3) is 0.517. The topological polar surface area (TPSA) is 38.2 Å². The van der Waals surface area contributed by atoms with Crippen LogP contribution in [0.3, 0.4) is 0 Å². The van der Waals surface area contributed by atoms with Gasteiger partial charge in [0.15, 0.2) is 0 Å². The van der Waals surface area contributed by atoms with Gasteiger partial charge in [0.25, 0.3) is 0 Å². The third-order valence-electron chi connectivity index (χ3n) is 7.64. The van der Waals surface area contributed by atoms with Crippen LogP contribution < -0.4 is 10.6 Å². The first kappa shape index (κ1) is 22.6. The summed E-state index contributed by atoms with van der Waals surface area (Å²) >= 11 is 0. The highest BCUT2D eigenvalue weighted by Gasteiger charge is 2.22. The molecule has 0 aliphatic carbocycles. The van der Waals surface area contributed by atoms with Crippen molar-refractivity contribution in [3.05, 3.63) is 71.4 Å². The average Bonchev–Trinajstić information content (AvgIpc) is 3.21. The molecule has 1 atom stereocenters. The van der Waals surface area contributed by atoms with Crippen LogP contribution in [0.1, 0.15) is 54.7 Å². The highest BCUT2D eigenvalue weighted by molar-refractivity contribution is 5.85. The van der Waals surface area contributed by atoms with Crippen molar-refractivity contribution in [2.45, 2.75) is 57.5 Å². The first-order chi connectivity index (χ1) is 16.3. The molecule has 4 heteroatoms. The van der Waals surface area contributed by atoms with E-state index in [9.17, 15) is 0 Å². The number of para-hydroxylation sites is 1. The van der Waals surface area contributed by atoms with Crippen LogP contribution in [0.5, 0.6) is 0 Å². The molecule has 33 heavy (non-hydrogen) atoms. The molecule has 0 spiro atoms. The Kier molecular flexibility index (Phi) is 7.45. The summed E-state index contributed by atoms with van der Waals surface area (Å²) < 4.78 is 8.14. The monoisotopic (exact) mass is 445 g/mol. The Labute approximate surface area is 198 Å². The molecule has 1 unspecified atom stereocenters. The Balaban J connectivity index is 1.43. The van der Waals surface area contributed by atoms with Gasteiger partial charge in [-0.3, -0.25) is 0 Å². The Morgan fingerprint density at radius 1 is 1.03 bits per heavy atom. The minimum Gasteiger partial charge on any atom is -0.381 e. The van der Waals surface area contributed by atoms with Crippen LogP contribution in [0.15, 0.2) is 54.7 Å². The standard InChI is InChI=1S/C29H39N3O/c1-22-5-4-6-24(19-22)26(11-16-31-25-9-14-30-15-10-25)28-21-32(20-23-12-17-33-18-13-23)29-8-3-2-7-27(28)29/h2-8,19,21,23,25-26,30-31H,9-18,20H2,1H3. The first-order valence-corrected chi connectivity index (χ1v) is 12.9. The summed E-state index contributed by atoms with van der Waals surface area (Å²) in [5.74, 6) is 1.11. The second-order valence-corrected chi connectivity index (χ2v) is 10.0. The number of piperidine rings is 1. The predicted octanol–water partition coefficient (Wildman–Crippen LogP) is 5.24. The largest absolute Gasteiger partial charge is 0.381 e. The van der Waals surface area contributed by atoms with E-state index in [1.165, 1.54) is 53.3 Å². The van der Waals surface area contributed by atoms with Crippen LogP contribution in [0.4, 0.5) is 0 Å². The SMILES string of the molecule is Cc1cccc(C(CCNC2CCNCC2)c2cn(CC3CCOCC3)c3ccccc23)c1. The number of rotatable bonds is 8. The lowest BCUT2D eigenvalue weighted by molar-refractivity contribution is 0.0616. The maximum Gasteiger partial charge on any atom is 0.0483 e. The van der Waals surface area contributed by atoms with Crippen LogP contribution in [-0.2, 0) is 11.3 Å². The molecule has 0 amide bonds. The van der Waals surface area contributed by atoms with Gasteiger partial charge in [0.2, 0.25) is 0 Å². The molecule has 2 fully saturated rings. The molecule has 2 aliphatic heterocycles. The number of hydrogen-bond acceptors (Lipinski definition) is 3. The number of hydrogen-bond donors (Lipinski definition) is 2. The van der Waals surface area contributed by atoms with Gasteiger partial charge in [-0.25, -0.2) is 0 Å². The van der Waals surface area contributed by atoms with Gasteiger partial charge in [-0.05, 0) is 81.8 Å². The number of aromatic nitrogens is 1. The highest BCUT2D eigenvalue weighted by Crippen LogP contribution is 2.35. The fourth-order valence-electron chi connectivity index (χ4n) is 5.76. The molecule has 4 nitrogen and oxygen atoms in total. The van der Waals surface area contributed by atoms with Crippen LogP contribution in [0, 0.1) is 12.8 Å². The van der Waals surface area contributed by atoms with Crippen molar-refractivity contribution in [1.29, 1.82) is 0 Å². The molecule has 3 heterocycles. The fourth-order valence-corrected chi connectivity index (χ4v) is 5.76. The maximum atomic E-state index is 5.61. The van der Waals surface area contributed by atoms with E-state index in [2.05, 4.69) is 76.9 Å². The minimum absolute atomic E-state index is 0.403. The third-order valence-corrected chi connectivity index (χ3v) is 7.64. The summed E-state index contributed by atoms with van der Waals surface area (Å²) in [5, 5.41) is 8.76. The molecule has 0 bridgehead atoms. The second kappa shape index (κ2) is 10.9. The summed E-state index contributed by atoms with van der Waals surface area (Å²) in [5.41, 5.74) is 5.64. The first-order valence-electron chi connectivity index (χ1n) is 12.9. The molecule has 1 aromatic heterocycles. The Bertz CT molecular complexity index is 1030. The number of ether oxygens (including phenoxy) is 1. The van der Waals surface area contributed by atoms with E-state index in [-0.39, 0.29) is 0 Å². The van der Waals surface area contributed by atoms with Crippen LogP contribution in [0.25, 0.3) is 10.9 Å². The Hall–Kier alpha value is -2.14. The molecular formula is C29H39N3O. The van der Waals surface area contributed by atoms with E-state index in [0.717, 1.165) is 45.8 Å². The molecule has 176 valence electrons. The van der Waals surface area contributed by atoms with Crippen molar-refractivity contribution >= 4 is 10.9 Å². The van der Waals surface area contributed by atoms with Crippen molar-refractivity contribution < 1.29 is 4.74 Å². The molecular weight excluding hydrogens is 406 g/mol. The summed E-state index contributed by atoms with van der Waals surface area (Å²) in [6.45, 7) is 8.45. The second-order valence-electron chi connectivity index (χ2n) is 10.0. The lowest BCUT2D eigenvalue weighted by Crippen LogP contribution is -2.40. The Morgan fingerprint density at radius 2 is 1.85 bits per heavy atom. The van der Waals surface area contributed by atoms with Crippen LogP contribution in [-0.4, -0.2) is 43.5 Å². The smallest absolute Gasteiger partial charge is 0.0483 e. The van der Waals surface area contributed by atoms with Crippen LogP contribution in [0.2, 0.25) is 0 Å². The van der Waals surface area contributed by atoms with Gasteiger partial charge >= 0.3 is 0 Å². The van der Waals surface area contributed by atoms with Gasteiger partial charge in [-0.1, -0.05) is 48.0 Å². The van der Waals surface area contributed by atoms with E-state index in [0.29, 0.717) is 17.9 Å². The molecule has 2 aliphatic rings. The van der Waals surface area contributed by atoms with Crippen molar-refractivity contribution in [3.63, 3.8) is 0 Å². The summed E-state index contributed by atoms with van der Waals surface area (Å²) in [6, 6.07) is 18.8. The average molecular weight is 446 g/mol. The van der Waals surface area contributed by atoms with Gasteiger partial charge in [-0.15, -0.1) is 0 Å². The molecule has 3 aromatic rings. The van der Waals surface area contributed by atoms with Crippen molar-refractivity contribution in [1.82, 2.24) is 15.2 Å². The number of aryl methyl sites for hydroxylation is 1. The lowest BCUT2D eigenvalue weighted by Gasteiger charge is -2.25. The third kappa shape index (κ3) is 5.51. The summed E-state index contributed by atoms with van der Waals surface area (Å²) in [4.78, 5) is 0. The lowest BCUT2D eigenvalue weighted by atomic mass is 9.87. The van der Waals surface area contributed by atoms with Gasteiger partial charge in [-0.2, -0.15) is 0 Å². The normalized spacial score (nSPS) is 19.2. The summed E-state index contributed by atoms with van der Waals surface area (Å²) in [7, 11) is 0. The predicted molar refractivity (Wildman–Crippen MR) is 137 cm³/mol. The molecule has 2 saturated heterocycles. The van der Waals surface area contributed by atoms with E-state index in [1.54, 1.807) is 0 Å². The number of nitrogens with zero attached hydrogens (tertiary/aromatic N) is 1. The number of fused-ring (bicyclic) bond motifs is 1. The zero-order valence-corrected chi connectivity index (χ0v) is 20.1. The molecule has 2 N–H and O–H groups in total. The molecule has 0 radical (unpaired) electrons. The van der Waals surface area contributed by atoms with E-state index in [1.807, 2.05) is 0 Å². The zero-order chi connectivity index (χ0) is 22.5. The van der Waals surface area contributed by atoms with Gasteiger partial charge in [0.05, 0.1) is 0 Å². The van der Waals surface area contributed by atoms with E-state index >= 15 is 0 Å². The van der Waals surface area contributed by atoms with Gasteiger partial charge in [0, 0.05) is 48.8 Å².